The number of aryl methyl sites for hydroxylation is 1. The molecule has 53 heavy (non-hydrogen) atoms. The lowest BCUT2D eigenvalue weighted by Gasteiger charge is -2.28. The van der Waals surface area contributed by atoms with Crippen molar-refractivity contribution in [3.8, 4) is 0 Å². The lowest BCUT2D eigenvalue weighted by molar-refractivity contribution is -0.126. The Hall–Kier alpha value is -4.11. The summed E-state index contributed by atoms with van der Waals surface area (Å²) in [4.78, 5) is 64.4. The highest BCUT2D eigenvalue weighted by atomic mass is 32.1. The van der Waals surface area contributed by atoms with Gasteiger partial charge in [-0.2, -0.15) is 0 Å². The summed E-state index contributed by atoms with van der Waals surface area (Å²) in [5.74, 6) is -0.908. The Morgan fingerprint density at radius 2 is 1.79 bits per heavy atom. The van der Waals surface area contributed by atoms with Crippen LogP contribution in [0.3, 0.4) is 0 Å². The van der Waals surface area contributed by atoms with Crippen molar-refractivity contribution in [3.05, 3.63) is 53.0 Å². The molecule has 0 aliphatic heterocycles. The summed E-state index contributed by atoms with van der Waals surface area (Å²) in [5, 5.41) is 19.9. The van der Waals surface area contributed by atoms with Crippen LogP contribution in [0.2, 0.25) is 0 Å². The van der Waals surface area contributed by atoms with E-state index in [9.17, 15) is 24.0 Å². The van der Waals surface area contributed by atoms with Crippen LogP contribution in [0.4, 0.5) is 5.69 Å². The second kappa shape index (κ2) is 22.2. The zero-order valence-electron chi connectivity index (χ0n) is 31.0. The number of unbranched alkanes of at least 4 members (excludes halogenated alkanes) is 2. The van der Waals surface area contributed by atoms with E-state index < -0.39 is 5.92 Å². The van der Waals surface area contributed by atoms with Crippen LogP contribution in [-0.2, 0) is 35.2 Å². The number of aliphatic hydroxyl groups is 1. The number of nitrogens with one attached hydrogen (secondary N) is 3. The average molecular weight is 754 g/mol. The van der Waals surface area contributed by atoms with Gasteiger partial charge in [0.15, 0.2) is 0 Å². The van der Waals surface area contributed by atoms with Gasteiger partial charge < -0.3 is 44.8 Å². The Balaban J connectivity index is 1.10. The van der Waals surface area contributed by atoms with Crippen LogP contribution in [0, 0.1) is 18.8 Å². The van der Waals surface area contributed by atoms with E-state index in [1.165, 1.54) is 0 Å². The number of aldehydes is 1. The lowest BCUT2D eigenvalue weighted by atomic mass is 9.85. The van der Waals surface area contributed by atoms with Crippen molar-refractivity contribution in [2.24, 2.45) is 11.8 Å². The van der Waals surface area contributed by atoms with E-state index in [0.29, 0.717) is 83.5 Å². The van der Waals surface area contributed by atoms with Crippen molar-refractivity contribution < 1.29 is 38.6 Å². The molecule has 0 bridgehead atoms. The summed E-state index contributed by atoms with van der Waals surface area (Å²) in [6.45, 7) is 6.39. The van der Waals surface area contributed by atoms with Crippen molar-refractivity contribution in [1.29, 1.82) is 0 Å². The minimum Gasteiger partial charge on any atom is -0.396 e. The number of amides is 4. The van der Waals surface area contributed by atoms with E-state index in [2.05, 4.69) is 16.0 Å². The third-order valence-corrected chi connectivity index (χ3v) is 10.3. The zero-order chi connectivity index (χ0) is 38.0. The molecule has 290 valence electrons. The Kier molecular flexibility index (Phi) is 17.4. The maximum absolute atomic E-state index is 13.6. The van der Waals surface area contributed by atoms with Crippen LogP contribution in [0.15, 0.2) is 41.8 Å². The quantitative estimate of drug-likeness (QED) is 0.0834. The van der Waals surface area contributed by atoms with Gasteiger partial charge >= 0.3 is 0 Å². The summed E-state index contributed by atoms with van der Waals surface area (Å²) < 4.78 is 13.4. The monoisotopic (exact) mass is 753 g/mol. The maximum Gasteiger partial charge on any atom is 0.268 e. The molecule has 4 N–H and O–H groups in total. The molecule has 4 amide bonds. The minimum absolute atomic E-state index is 0.0385. The number of hydrogen-bond acceptors (Lipinski definition) is 9. The summed E-state index contributed by atoms with van der Waals surface area (Å²) in [7, 11) is 0. The van der Waals surface area contributed by atoms with Crippen LogP contribution >= 0.6 is 11.3 Å². The van der Waals surface area contributed by atoms with Gasteiger partial charge in [-0.3, -0.25) is 19.2 Å². The third kappa shape index (κ3) is 13.1. The highest BCUT2D eigenvalue weighted by Gasteiger charge is 2.29. The van der Waals surface area contributed by atoms with Gasteiger partial charge in [-0.05, 0) is 87.6 Å². The van der Waals surface area contributed by atoms with E-state index in [1.54, 1.807) is 16.2 Å². The Bertz CT molecular complexity index is 1630. The third-order valence-electron chi connectivity index (χ3n) is 9.49. The molecule has 0 spiro atoms. The Morgan fingerprint density at radius 1 is 1.00 bits per heavy atom. The molecule has 2 aromatic heterocycles. The molecule has 13 nitrogen and oxygen atoms in total. The Labute approximate surface area is 315 Å². The number of fused-ring (bicyclic) bond motifs is 1. The second-order valence-electron chi connectivity index (χ2n) is 13.5. The summed E-state index contributed by atoms with van der Waals surface area (Å²) in [6, 6.07) is 11.6. The van der Waals surface area contributed by atoms with E-state index in [1.807, 2.05) is 60.2 Å². The summed E-state index contributed by atoms with van der Waals surface area (Å²) in [5.41, 5.74) is 3.24. The fourth-order valence-electron chi connectivity index (χ4n) is 6.50. The summed E-state index contributed by atoms with van der Waals surface area (Å²) in [6.07, 6.45) is 6.19. The minimum atomic E-state index is -0.516. The molecule has 1 aliphatic rings. The smallest absolute Gasteiger partial charge is 0.268 e. The predicted molar refractivity (Wildman–Crippen MR) is 205 cm³/mol. The molecule has 14 heteroatoms. The number of aromatic nitrogens is 1. The number of likely N-dealkylation sites (N-methyl/N-ethyl adjacent to an activating group) is 1. The molecule has 4 rings (SSSR count). The van der Waals surface area contributed by atoms with Crippen LogP contribution in [0.25, 0.3) is 10.2 Å². The van der Waals surface area contributed by atoms with E-state index in [0.717, 1.165) is 40.7 Å². The highest BCUT2D eigenvalue weighted by molar-refractivity contribution is 7.17. The maximum atomic E-state index is 13.6. The second-order valence-corrected chi connectivity index (χ2v) is 14.5. The van der Waals surface area contributed by atoms with Gasteiger partial charge in [0.25, 0.3) is 5.91 Å². The molecular formula is C39H55N5O8S. The van der Waals surface area contributed by atoms with Crippen LogP contribution in [0.1, 0.15) is 74.3 Å². The number of carbonyl (C=O) groups is 5. The van der Waals surface area contributed by atoms with Crippen LogP contribution in [-0.4, -0.2) is 98.3 Å². The highest BCUT2D eigenvalue weighted by Crippen LogP contribution is 2.28. The lowest BCUT2D eigenvalue weighted by Crippen LogP contribution is -2.42. The first-order chi connectivity index (χ1) is 25.7. The van der Waals surface area contributed by atoms with Crippen LogP contribution in [0.5, 0.6) is 0 Å². The van der Waals surface area contributed by atoms with Crippen LogP contribution < -0.4 is 20.9 Å². The number of hydrogen-bond donors (Lipinski definition) is 4. The SMILES string of the molecule is CCN(C(=O)Cn1c(C(=O)N[C@H]2CC[C@H](C(=O)NCCCCCC(=O)NCCOCCOCC(C=O)CO)CC2)cc2sccc21)c1cccc(C)c1. The van der Waals surface area contributed by atoms with Gasteiger partial charge in [0.2, 0.25) is 17.7 Å². The molecule has 0 radical (unpaired) electrons. The van der Waals surface area contributed by atoms with Gasteiger partial charge in [-0.15, -0.1) is 11.3 Å². The van der Waals surface area contributed by atoms with Gasteiger partial charge in [0.1, 0.15) is 18.5 Å². The zero-order valence-corrected chi connectivity index (χ0v) is 31.8. The molecule has 1 atom stereocenters. The molecule has 1 aromatic carbocycles. The van der Waals surface area contributed by atoms with Gasteiger partial charge in [0, 0.05) is 43.7 Å². The molecule has 1 fully saturated rings. The molecule has 0 saturated heterocycles. The fraction of sp³-hybridized carbons (Fsp3) is 0.564. The number of benzene rings is 1. The predicted octanol–water partition coefficient (Wildman–Crippen LogP) is 3.99. The fourth-order valence-corrected chi connectivity index (χ4v) is 7.32. The number of ether oxygens (including phenoxy) is 2. The molecule has 1 unspecified atom stereocenters. The van der Waals surface area contributed by atoms with Crippen molar-refractivity contribution in [3.63, 3.8) is 0 Å². The molecular weight excluding hydrogens is 699 g/mol. The van der Waals surface area contributed by atoms with Crippen molar-refractivity contribution in [2.45, 2.75) is 77.8 Å². The largest absolute Gasteiger partial charge is 0.396 e. The molecule has 1 saturated carbocycles. The van der Waals surface area contributed by atoms with E-state index in [-0.39, 0.29) is 55.3 Å². The number of nitrogens with zero attached hydrogens (tertiary/aromatic N) is 2. The number of aliphatic hydroxyl groups excluding tert-OH is 1. The molecule has 1 aliphatic carbocycles. The first-order valence-corrected chi connectivity index (χ1v) is 19.6. The van der Waals surface area contributed by atoms with Gasteiger partial charge in [-0.1, -0.05) is 18.6 Å². The van der Waals surface area contributed by atoms with Crippen molar-refractivity contribution >= 4 is 57.2 Å². The van der Waals surface area contributed by atoms with Gasteiger partial charge in [0.05, 0.1) is 49.2 Å². The average Bonchev–Trinajstić information content (AvgIpc) is 3.75. The van der Waals surface area contributed by atoms with Crippen molar-refractivity contribution in [1.82, 2.24) is 20.5 Å². The summed E-state index contributed by atoms with van der Waals surface area (Å²) >= 11 is 1.54. The van der Waals surface area contributed by atoms with E-state index >= 15 is 0 Å². The number of thiophene rings is 1. The Morgan fingerprint density at radius 3 is 2.53 bits per heavy atom. The standard InChI is InChI=1S/C39H55N5O8S/c1-3-43(32-9-7-8-28(2)22-32)37(48)24-44-33-15-21-53-35(33)23-34(44)39(50)42-31-13-11-30(12-14-31)38(49)41-16-6-4-5-10-36(47)40-17-18-51-19-20-52-27-29(25-45)26-46/h7-9,15,21-23,25,29-31,46H,3-6,10-14,16-20,24,26-27H2,1-2H3,(H,40,47)(H,41,49)(H,42,50)/t29?,30-,31-. The first kappa shape index (κ1) is 41.6. The van der Waals surface area contributed by atoms with E-state index in [4.69, 9.17) is 14.6 Å². The normalized spacial score (nSPS) is 16.2. The number of carbonyl (C=O) groups excluding carboxylic acids is 5. The molecule has 2 heterocycles. The topological polar surface area (TPSA) is 168 Å². The van der Waals surface area contributed by atoms with Crippen molar-refractivity contribution in [2.75, 3.05) is 57.6 Å². The van der Waals surface area contributed by atoms with Gasteiger partial charge in [-0.25, -0.2) is 0 Å². The molecule has 3 aromatic rings. The first-order valence-electron chi connectivity index (χ1n) is 18.7. The number of rotatable bonds is 23. The number of anilines is 1.